The molecule has 0 radical (unpaired) electrons. The molecule has 3 aromatic heterocycles. The molecule has 0 saturated heterocycles. The molecule has 4 aromatic carbocycles. The summed E-state index contributed by atoms with van der Waals surface area (Å²) in [5, 5.41) is 2.17. The molecule has 190 valence electrons. The summed E-state index contributed by atoms with van der Waals surface area (Å²) in [5.74, 6) is 0.694. The quantitative estimate of drug-likeness (QED) is 0.220. The van der Waals surface area contributed by atoms with Crippen molar-refractivity contribution in [1.82, 2.24) is 19.9 Å². The van der Waals surface area contributed by atoms with Gasteiger partial charge in [-0.25, -0.2) is 9.97 Å². The lowest BCUT2D eigenvalue weighted by atomic mass is 9.97. The zero-order valence-corrected chi connectivity index (χ0v) is 22.3. The molecular weight excluding hydrogens is 488 g/mol. The highest BCUT2D eigenvalue weighted by Crippen LogP contribution is 2.35. The second-order valence-electron chi connectivity index (χ2n) is 10.1. The third-order valence-corrected chi connectivity index (χ3v) is 7.20. The lowest BCUT2D eigenvalue weighted by molar-refractivity contribution is 1.18. The van der Waals surface area contributed by atoms with Gasteiger partial charge < -0.3 is 0 Å². The number of benzene rings is 4. The van der Waals surface area contributed by atoms with Crippen LogP contribution in [-0.4, -0.2) is 19.9 Å². The predicted octanol–water partition coefficient (Wildman–Crippen LogP) is 8.86. The van der Waals surface area contributed by atoms with Crippen molar-refractivity contribution in [2.45, 2.75) is 13.8 Å². The molecule has 0 spiro atoms. The van der Waals surface area contributed by atoms with E-state index in [1.165, 1.54) is 0 Å². The van der Waals surface area contributed by atoms with E-state index in [9.17, 15) is 0 Å². The largest absolute Gasteiger partial charge is 0.251 e. The maximum Gasteiger partial charge on any atom is 0.160 e. The molecule has 0 saturated carbocycles. The summed E-state index contributed by atoms with van der Waals surface area (Å²) in [7, 11) is 0. The molecular formula is C36H26N4. The van der Waals surface area contributed by atoms with Gasteiger partial charge in [-0.15, -0.1) is 0 Å². The van der Waals surface area contributed by atoms with Gasteiger partial charge in [0.15, 0.2) is 5.82 Å². The van der Waals surface area contributed by atoms with E-state index in [0.717, 1.165) is 72.4 Å². The van der Waals surface area contributed by atoms with Crippen LogP contribution < -0.4 is 0 Å². The topological polar surface area (TPSA) is 51.6 Å². The Bertz CT molecular complexity index is 1960. The van der Waals surface area contributed by atoms with Crippen LogP contribution in [0.5, 0.6) is 0 Å². The van der Waals surface area contributed by atoms with Gasteiger partial charge in [0, 0.05) is 38.9 Å². The molecule has 0 aliphatic rings. The van der Waals surface area contributed by atoms with Crippen LogP contribution in [0.4, 0.5) is 0 Å². The van der Waals surface area contributed by atoms with Gasteiger partial charge in [-0.2, -0.15) is 0 Å². The number of hydrogen-bond donors (Lipinski definition) is 0. The van der Waals surface area contributed by atoms with Crippen LogP contribution in [0, 0.1) is 13.8 Å². The van der Waals surface area contributed by atoms with Crippen LogP contribution in [0.1, 0.15) is 11.4 Å². The highest BCUT2D eigenvalue weighted by Gasteiger charge is 2.14. The molecule has 0 atom stereocenters. The van der Waals surface area contributed by atoms with E-state index in [1.807, 2.05) is 56.3 Å². The standard InChI is InChI=1S/C36H26N4/c1-23-16-17-27-18-19-30-31(20-24(2)38-35(30)34(27)37-23)28-14-9-15-29(21-28)36-39-32(25-10-5-3-6-11-25)22-33(40-36)26-12-7-4-8-13-26/h3-22H,1-2H3. The fourth-order valence-electron chi connectivity index (χ4n) is 5.25. The summed E-state index contributed by atoms with van der Waals surface area (Å²) in [5.41, 5.74) is 10.9. The van der Waals surface area contributed by atoms with Crippen molar-refractivity contribution in [3.05, 3.63) is 133 Å². The van der Waals surface area contributed by atoms with E-state index in [-0.39, 0.29) is 0 Å². The average molecular weight is 515 g/mol. The van der Waals surface area contributed by atoms with Crippen LogP contribution in [0.3, 0.4) is 0 Å². The first-order chi connectivity index (χ1) is 19.6. The Morgan fingerprint density at radius 2 is 1.02 bits per heavy atom. The Hall–Kier alpha value is -5.22. The van der Waals surface area contributed by atoms with Gasteiger partial charge in [-0.05, 0) is 49.2 Å². The summed E-state index contributed by atoms with van der Waals surface area (Å²) < 4.78 is 0. The van der Waals surface area contributed by atoms with Crippen LogP contribution >= 0.6 is 0 Å². The van der Waals surface area contributed by atoms with Gasteiger partial charge in [0.05, 0.1) is 22.4 Å². The molecule has 0 aliphatic carbocycles. The molecule has 7 rings (SSSR count). The van der Waals surface area contributed by atoms with Gasteiger partial charge >= 0.3 is 0 Å². The number of aromatic nitrogens is 4. The fraction of sp³-hybridized carbons (Fsp3) is 0.0556. The van der Waals surface area contributed by atoms with Crippen molar-refractivity contribution in [2.24, 2.45) is 0 Å². The normalized spacial score (nSPS) is 11.2. The Morgan fingerprint density at radius 1 is 0.425 bits per heavy atom. The van der Waals surface area contributed by atoms with Gasteiger partial charge in [0.1, 0.15) is 0 Å². The molecule has 4 heteroatoms. The lowest BCUT2D eigenvalue weighted by Gasteiger charge is -2.13. The molecule has 0 aliphatic heterocycles. The third-order valence-electron chi connectivity index (χ3n) is 7.20. The Labute approximate surface area is 233 Å². The molecule has 3 heterocycles. The Morgan fingerprint density at radius 3 is 1.73 bits per heavy atom. The summed E-state index contributed by atoms with van der Waals surface area (Å²) in [6.07, 6.45) is 0. The summed E-state index contributed by atoms with van der Waals surface area (Å²) in [6, 6.07) is 41.7. The summed E-state index contributed by atoms with van der Waals surface area (Å²) in [4.78, 5) is 19.8. The first-order valence-corrected chi connectivity index (χ1v) is 13.4. The van der Waals surface area contributed by atoms with Gasteiger partial charge in [-0.1, -0.05) is 97.1 Å². The maximum atomic E-state index is 5.03. The average Bonchev–Trinajstić information content (AvgIpc) is 3.01. The molecule has 0 N–H and O–H groups in total. The molecule has 0 unspecified atom stereocenters. The summed E-state index contributed by atoms with van der Waals surface area (Å²) >= 11 is 0. The van der Waals surface area contributed by atoms with Crippen LogP contribution in [0.2, 0.25) is 0 Å². The smallest absolute Gasteiger partial charge is 0.160 e. The van der Waals surface area contributed by atoms with Crippen LogP contribution in [0.25, 0.3) is 66.8 Å². The second kappa shape index (κ2) is 9.83. The van der Waals surface area contributed by atoms with Crippen LogP contribution in [-0.2, 0) is 0 Å². The first kappa shape index (κ1) is 23.9. The van der Waals surface area contributed by atoms with Crippen molar-refractivity contribution in [3.8, 4) is 45.0 Å². The third kappa shape index (κ3) is 4.40. The second-order valence-corrected chi connectivity index (χ2v) is 10.1. The van der Waals surface area contributed by atoms with Crippen LogP contribution in [0.15, 0.2) is 121 Å². The predicted molar refractivity (Wildman–Crippen MR) is 164 cm³/mol. The van der Waals surface area contributed by atoms with Crippen molar-refractivity contribution < 1.29 is 0 Å². The minimum Gasteiger partial charge on any atom is -0.251 e. The molecule has 0 fully saturated rings. The zero-order valence-electron chi connectivity index (χ0n) is 22.3. The number of nitrogens with zero attached hydrogens (tertiary/aromatic N) is 4. The first-order valence-electron chi connectivity index (χ1n) is 13.4. The molecule has 0 bridgehead atoms. The fourth-order valence-corrected chi connectivity index (χ4v) is 5.25. The van der Waals surface area contributed by atoms with E-state index >= 15 is 0 Å². The molecule has 40 heavy (non-hydrogen) atoms. The number of pyridine rings is 2. The van der Waals surface area contributed by atoms with Crippen molar-refractivity contribution in [2.75, 3.05) is 0 Å². The Balaban J connectivity index is 1.41. The van der Waals surface area contributed by atoms with Gasteiger partial charge in [0.25, 0.3) is 0 Å². The minimum atomic E-state index is 0.694. The van der Waals surface area contributed by atoms with E-state index in [2.05, 4.69) is 78.9 Å². The monoisotopic (exact) mass is 514 g/mol. The van der Waals surface area contributed by atoms with E-state index in [0.29, 0.717) is 5.82 Å². The molecule has 7 aromatic rings. The van der Waals surface area contributed by atoms with Gasteiger partial charge in [0.2, 0.25) is 0 Å². The number of rotatable bonds is 4. The van der Waals surface area contributed by atoms with E-state index in [1.54, 1.807) is 0 Å². The van der Waals surface area contributed by atoms with Crippen molar-refractivity contribution in [1.29, 1.82) is 0 Å². The zero-order chi connectivity index (χ0) is 27.1. The highest BCUT2D eigenvalue weighted by molar-refractivity contribution is 6.08. The number of fused-ring (bicyclic) bond motifs is 3. The maximum absolute atomic E-state index is 5.03. The van der Waals surface area contributed by atoms with Gasteiger partial charge in [-0.3, -0.25) is 9.97 Å². The molecule has 4 nitrogen and oxygen atoms in total. The lowest BCUT2D eigenvalue weighted by Crippen LogP contribution is -1.96. The highest BCUT2D eigenvalue weighted by atomic mass is 14.9. The van der Waals surface area contributed by atoms with E-state index < -0.39 is 0 Å². The van der Waals surface area contributed by atoms with E-state index in [4.69, 9.17) is 19.9 Å². The van der Waals surface area contributed by atoms with Crippen molar-refractivity contribution in [3.63, 3.8) is 0 Å². The summed E-state index contributed by atoms with van der Waals surface area (Å²) in [6.45, 7) is 4.06. The molecule has 0 amide bonds. The number of hydrogen-bond acceptors (Lipinski definition) is 4. The SMILES string of the molecule is Cc1ccc2ccc3c(-c4cccc(-c5nc(-c6ccccc6)cc(-c6ccccc6)n5)c4)cc(C)nc3c2n1. The number of aryl methyl sites for hydroxylation is 2. The van der Waals surface area contributed by atoms with Crippen molar-refractivity contribution >= 4 is 21.8 Å². The minimum absolute atomic E-state index is 0.694. The Kier molecular flexibility index (Phi) is 5.86.